The van der Waals surface area contributed by atoms with E-state index in [0.717, 1.165) is 6.07 Å². The molecular weight excluding hydrogens is 636 g/mol. The van der Waals surface area contributed by atoms with Crippen LogP contribution in [0.4, 0.5) is 0 Å². The lowest BCUT2D eigenvalue weighted by molar-refractivity contribution is -0.319. The van der Waals surface area contributed by atoms with Crippen LogP contribution in [0.5, 0.6) is 17.2 Å². The van der Waals surface area contributed by atoms with Crippen molar-refractivity contribution in [3.63, 3.8) is 0 Å². The van der Waals surface area contributed by atoms with Crippen molar-refractivity contribution in [3.8, 4) is 28.6 Å². The molecule has 262 valence electrons. The number of fused-ring (bicyclic) bond motifs is 1. The Balaban J connectivity index is 1.31. The van der Waals surface area contributed by atoms with E-state index in [9.17, 15) is 40.2 Å². The van der Waals surface area contributed by atoms with E-state index in [1.165, 1.54) is 26.2 Å². The van der Waals surface area contributed by atoms with Gasteiger partial charge in [-0.2, -0.15) is 0 Å². The van der Waals surface area contributed by atoms with Gasteiger partial charge in [0.15, 0.2) is 17.8 Å². The molecule has 15 heteroatoms. The second-order valence-corrected chi connectivity index (χ2v) is 12.2. The molecule has 15 nitrogen and oxygen atoms in total. The minimum absolute atomic E-state index is 0.0214. The van der Waals surface area contributed by atoms with E-state index in [1.807, 2.05) is 13.8 Å². The number of methoxy groups -OCH3 is 1. The van der Waals surface area contributed by atoms with Crippen LogP contribution in [-0.2, 0) is 23.7 Å². The van der Waals surface area contributed by atoms with Crippen molar-refractivity contribution < 1.29 is 68.3 Å². The van der Waals surface area contributed by atoms with E-state index < -0.39 is 85.2 Å². The molecule has 2 aliphatic heterocycles. The number of aliphatic hydroxyl groups is 5. The quantitative estimate of drug-likeness (QED) is 0.163. The Hall–Kier alpha value is -3.80. The molecule has 0 saturated carbocycles. The van der Waals surface area contributed by atoms with Gasteiger partial charge in [0.1, 0.15) is 70.6 Å². The first kappa shape index (κ1) is 35.5. The number of hydrogen-bond acceptors (Lipinski definition) is 15. The van der Waals surface area contributed by atoms with Crippen LogP contribution in [0, 0.1) is 5.92 Å². The Bertz CT molecular complexity index is 1620. The molecule has 0 aliphatic carbocycles. The normalized spacial score (nSPS) is 30.7. The number of aliphatic hydroxyl groups excluding tert-OH is 5. The van der Waals surface area contributed by atoms with Crippen molar-refractivity contribution in [3.05, 3.63) is 52.7 Å². The van der Waals surface area contributed by atoms with Crippen LogP contribution in [0.1, 0.15) is 27.2 Å². The fraction of sp³-hybridized carbons (Fsp3) is 0.515. The molecule has 3 aromatic rings. The summed E-state index contributed by atoms with van der Waals surface area (Å²) in [5.74, 6) is -0.442. The van der Waals surface area contributed by atoms with Gasteiger partial charge in [-0.25, -0.2) is 0 Å². The van der Waals surface area contributed by atoms with Crippen LogP contribution < -0.4 is 14.9 Å². The van der Waals surface area contributed by atoms with Gasteiger partial charge in [0, 0.05) is 30.2 Å². The molecule has 2 aliphatic rings. The van der Waals surface area contributed by atoms with Crippen LogP contribution in [-0.4, -0.2) is 112 Å². The van der Waals surface area contributed by atoms with Crippen molar-refractivity contribution in [1.82, 2.24) is 0 Å². The summed E-state index contributed by atoms with van der Waals surface area (Å²) >= 11 is 0. The van der Waals surface area contributed by atoms with Crippen LogP contribution >= 0.6 is 0 Å². The van der Waals surface area contributed by atoms with Gasteiger partial charge in [0.05, 0.1) is 19.8 Å². The average Bonchev–Trinajstić information content (AvgIpc) is 3.04. The van der Waals surface area contributed by atoms with Gasteiger partial charge in [0.2, 0.25) is 6.29 Å². The standard InChI is InChI=1S/C33H40O15/c1-14(2)9-24(36)48-31-26(37)15(3)44-32(30(31)41)43-13-23-27(38)28(39)29(40)33(47-23)45-18-10-19(34)25-20(35)12-21(46-22(25)11-18)16-5-7-17(42-4)8-6-16/h5-8,10-12,14-15,23,26-34,37-41H,9,13H2,1-4H3. The molecule has 0 spiro atoms. The highest BCUT2D eigenvalue weighted by Crippen LogP contribution is 2.34. The summed E-state index contributed by atoms with van der Waals surface area (Å²) in [4.78, 5) is 25.1. The summed E-state index contributed by atoms with van der Waals surface area (Å²) in [5, 5.41) is 63.8. The topological polar surface area (TPSA) is 224 Å². The number of phenolic OH excluding ortho intramolecular Hbond substituents is 1. The van der Waals surface area contributed by atoms with Crippen LogP contribution in [0.15, 0.2) is 51.7 Å². The number of carbonyl (C=O) groups is 1. The monoisotopic (exact) mass is 676 g/mol. The van der Waals surface area contributed by atoms with Crippen LogP contribution in [0.2, 0.25) is 0 Å². The van der Waals surface area contributed by atoms with E-state index >= 15 is 0 Å². The van der Waals surface area contributed by atoms with Crippen molar-refractivity contribution >= 4 is 16.9 Å². The Morgan fingerprint density at radius 3 is 2.25 bits per heavy atom. The smallest absolute Gasteiger partial charge is 0.306 e. The van der Waals surface area contributed by atoms with Gasteiger partial charge in [-0.05, 0) is 37.1 Å². The third-order valence-electron chi connectivity index (χ3n) is 8.13. The summed E-state index contributed by atoms with van der Waals surface area (Å²) in [6.07, 6.45) is -14.8. The molecule has 2 fully saturated rings. The van der Waals surface area contributed by atoms with Gasteiger partial charge < -0.3 is 63.5 Å². The fourth-order valence-electron chi connectivity index (χ4n) is 5.49. The molecule has 3 heterocycles. The summed E-state index contributed by atoms with van der Waals surface area (Å²) in [6.45, 7) is 4.60. The Labute approximate surface area is 274 Å². The van der Waals surface area contributed by atoms with E-state index in [0.29, 0.717) is 11.3 Å². The minimum Gasteiger partial charge on any atom is -0.507 e. The molecule has 0 bridgehead atoms. The summed E-state index contributed by atoms with van der Waals surface area (Å²) in [5.41, 5.74) is -0.0122. The first-order chi connectivity index (χ1) is 22.8. The van der Waals surface area contributed by atoms with Crippen molar-refractivity contribution in [1.29, 1.82) is 0 Å². The van der Waals surface area contributed by atoms with E-state index in [1.54, 1.807) is 24.3 Å². The molecule has 2 saturated heterocycles. The summed E-state index contributed by atoms with van der Waals surface area (Å²) in [6, 6.07) is 10.4. The van der Waals surface area contributed by atoms with E-state index in [2.05, 4.69) is 0 Å². The number of carbonyl (C=O) groups excluding carboxylic acids is 1. The van der Waals surface area contributed by atoms with E-state index in [4.69, 9.17) is 32.8 Å². The highest BCUT2D eigenvalue weighted by atomic mass is 16.7. The Morgan fingerprint density at radius 2 is 1.58 bits per heavy atom. The number of aromatic hydroxyl groups is 1. The van der Waals surface area contributed by atoms with Crippen LogP contribution in [0.25, 0.3) is 22.3 Å². The maximum absolute atomic E-state index is 12.9. The second kappa shape index (κ2) is 14.8. The van der Waals surface area contributed by atoms with Crippen molar-refractivity contribution in [2.24, 2.45) is 5.92 Å². The van der Waals surface area contributed by atoms with E-state index in [-0.39, 0.29) is 34.8 Å². The van der Waals surface area contributed by atoms with Gasteiger partial charge in [-0.3, -0.25) is 9.59 Å². The van der Waals surface area contributed by atoms with Gasteiger partial charge in [0.25, 0.3) is 0 Å². The zero-order valence-corrected chi connectivity index (χ0v) is 26.7. The van der Waals surface area contributed by atoms with Gasteiger partial charge in [-0.1, -0.05) is 13.8 Å². The zero-order valence-electron chi connectivity index (χ0n) is 26.7. The number of hydrogen-bond donors (Lipinski definition) is 6. The molecule has 48 heavy (non-hydrogen) atoms. The van der Waals surface area contributed by atoms with Crippen LogP contribution in [0.3, 0.4) is 0 Å². The number of phenols is 1. The lowest BCUT2D eigenvalue weighted by Crippen LogP contribution is -2.62. The fourth-order valence-corrected chi connectivity index (χ4v) is 5.49. The number of esters is 1. The molecular formula is C33H40O15. The maximum atomic E-state index is 12.9. The molecule has 10 atom stereocenters. The first-order valence-electron chi connectivity index (χ1n) is 15.4. The SMILES string of the molecule is COc1ccc(-c2cc(=O)c3c(O)cc(OC4OC(COC5OC(C)C(O)C(OC(=O)CC(C)C)C5O)C(O)C(O)C4O)cc3o2)cc1. The molecule has 0 radical (unpaired) electrons. The predicted octanol–water partition coefficient (Wildman–Crippen LogP) is 0.802. The summed E-state index contributed by atoms with van der Waals surface area (Å²) < 4.78 is 39.1. The Morgan fingerprint density at radius 1 is 0.875 bits per heavy atom. The third-order valence-corrected chi connectivity index (χ3v) is 8.13. The van der Waals surface area contributed by atoms with Crippen molar-refractivity contribution in [2.45, 2.75) is 88.6 Å². The van der Waals surface area contributed by atoms with Gasteiger partial charge >= 0.3 is 5.97 Å². The zero-order chi connectivity index (χ0) is 34.9. The predicted molar refractivity (Wildman–Crippen MR) is 165 cm³/mol. The van der Waals surface area contributed by atoms with Crippen molar-refractivity contribution in [2.75, 3.05) is 13.7 Å². The summed E-state index contributed by atoms with van der Waals surface area (Å²) in [7, 11) is 1.52. The number of benzene rings is 2. The molecule has 5 rings (SSSR count). The number of ether oxygens (including phenoxy) is 6. The van der Waals surface area contributed by atoms with Gasteiger partial charge in [-0.15, -0.1) is 0 Å². The third kappa shape index (κ3) is 7.58. The highest BCUT2D eigenvalue weighted by molar-refractivity contribution is 5.86. The minimum atomic E-state index is -1.78. The molecule has 1 aromatic heterocycles. The maximum Gasteiger partial charge on any atom is 0.306 e. The lowest BCUT2D eigenvalue weighted by atomic mass is 9.98. The second-order valence-electron chi connectivity index (χ2n) is 12.2. The largest absolute Gasteiger partial charge is 0.507 e. The number of rotatable bonds is 10. The Kier molecular flexibility index (Phi) is 10.9. The molecule has 10 unspecified atom stereocenters. The molecule has 2 aromatic carbocycles. The molecule has 0 amide bonds. The first-order valence-corrected chi connectivity index (χ1v) is 15.4. The lowest BCUT2D eigenvalue weighted by Gasteiger charge is -2.43. The molecule has 6 N–H and O–H groups in total. The highest BCUT2D eigenvalue weighted by Gasteiger charge is 2.48. The average molecular weight is 677 g/mol.